The first-order valence-corrected chi connectivity index (χ1v) is 8.35. The van der Waals surface area contributed by atoms with Crippen molar-refractivity contribution in [1.82, 2.24) is 0 Å². The van der Waals surface area contributed by atoms with E-state index in [2.05, 4.69) is 6.58 Å². The molecule has 0 N–H and O–H groups in total. The summed E-state index contributed by atoms with van der Waals surface area (Å²) in [7, 11) is -1.26. The largest absolute Gasteiger partial charge is 0.635 e. The molecule has 0 amide bonds. The van der Waals surface area contributed by atoms with Crippen LogP contribution in [0.15, 0.2) is 73.3 Å². The van der Waals surface area contributed by atoms with Crippen molar-refractivity contribution in [2.24, 2.45) is 0 Å². The van der Waals surface area contributed by atoms with Crippen molar-refractivity contribution >= 4 is 8.80 Å². The van der Waals surface area contributed by atoms with Crippen molar-refractivity contribution in [3.63, 3.8) is 0 Å². The zero-order chi connectivity index (χ0) is 14.3. The Hall–Kier alpha value is -2.04. The fourth-order valence-corrected chi connectivity index (χ4v) is 3.67. The second kappa shape index (κ2) is 6.93. The Labute approximate surface area is 120 Å². The van der Waals surface area contributed by atoms with Crippen molar-refractivity contribution in [2.45, 2.75) is 6.04 Å². The van der Waals surface area contributed by atoms with E-state index in [1.807, 2.05) is 60.7 Å². The van der Waals surface area contributed by atoms with Crippen molar-refractivity contribution in [3.05, 3.63) is 73.3 Å². The maximum absolute atomic E-state index is 6.02. The number of hydrogen-bond donors (Lipinski definition) is 0. The van der Waals surface area contributed by atoms with Gasteiger partial charge in [-0.1, -0.05) is 42.5 Å². The van der Waals surface area contributed by atoms with Gasteiger partial charge in [0.25, 0.3) is 0 Å². The molecule has 104 valence electrons. The highest BCUT2D eigenvalue weighted by Crippen LogP contribution is 2.23. The minimum absolute atomic E-state index is 0.535. The van der Waals surface area contributed by atoms with Gasteiger partial charge in [-0.3, -0.25) is 0 Å². The summed E-state index contributed by atoms with van der Waals surface area (Å²) in [6.07, 6.45) is 1.77. The minimum Gasteiger partial charge on any atom is -0.492 e. The number of hydrogen-bond acceptors (Lipinski definition) is 3. The molecule has 0 aliphatic heterocycles. The second-order valence-corrected chi connectivity index (χ2v) is 6.80. The molecule has 0 aliphatic rings. The Morgan fingerprint density at radius 1 is 0.900 bits per heavy atom. The molecule has 0 atom stereocenters. The standard InChI is InChI=1S/C16H18O3Si/c1-3-14-20(17-2,18-15-10-6-4-7-11-15)19-16-12-8-5-9-13-16/h3-13H,1,14H2,2H3. The molecule has 0 fully saturated rings. The summed E-state index contributed by atoms with van der Waals surface area (Å²) in [6, 6.07) is 19.6. The SMILES string of the molecule is C=CC[Si](OC)(Oc1ccccc1)Oc1ccccc1. The fraction of sp³-hybridized carbons (Fsp3) is 0.125. The summed E-state index contributed by atoms with van der Waals surface area (Å²) in [5, 5.41) is 0. The topological polar surface area (TPSA) is 27.7 Å². The zero-order valence-corrected chi connectivity index (χ0v) is 12.5. The van der Waals surface area contributed by atoms with Crippen molar-refractivity contribution in [3.8, 4) is 11.5 Å². The van der Waals surface area contributed by atoms with Gasteiger partial charge in [0, 0.05) is 7.11 Å². The Kier molecular flexibility index (Phi) is 4.98. The maximum Gasteiger partial charge on any atom is 0.635 e. The summed E-state index contributed by atoms with van der Waals surface area (Å²) in [4.78, 5) is 0. The minimum atomic E-state index is -2.87. The molecule has 0 aromatic heterocycles. The average molecular weight is 286 g/mol. The van der Waals surface area contributed by atoms with Gasteiger partial charge in [-0.05, 0) is 24.3 Å². The van der Waals surface area contributed by atoms with E-state index in [-0.39, 0.29) is 0 Å². The predicted octanol–water partition coefficient (Wildman–Crippen LogP) is 3.92. The van der Waals surface area contributed by atoms with Crippen LogP contribution < -0.4 is 8.85 Å². The van der Waals surface area contributed by atoms with Gasteiger partial charge in [0.05, 0.1) is 6.04 Å². The monoisotopic (exact) mass is 286 g/mol. The van der Waals surface area contributed by atoms with Crippen LogP contribution in [0.1, 0.15) is 0 Å². The highest BCUT2D eigenvalue weighted by Gasteiger charge is 2.44. The molecule has 20 heavy (non-hydrogen) atoms. The fourth-order valence-electron chi connectivity index (χ4n) is 1.78. The lowest BCUT2D eigenvalue weighted by Crippen LogP contribution is -2.50. The molecule has 3 nitrogen and oxygen atoms in total. The number of para-hydroxylation sites is 2. The summed E-state index contributed by atoms with van der Waals surface area (Å²) >= 11 is 0. The Morgan fingerprint density at radius 3 is 1.70 bits per heavy atom. The molecule has 0 spiro atoms. The molecule has 0 bridgehead atoms. The van der Waals surface area contributed by atoms with E-state index in [9.17, 15) is 0 Å². The smallest absolute Gasteiger partial charge is 0.492 e. The van der Waals surface area contributed by atoms with Gasteiger partial charge in [0.1, 0.15) is 11.5 Å². The third-order valence-corrected chi connectivity index (χ3v) is 5.24. The summed E-state index contributed by atoms with van der Waals surface area (Å²) in [5.41, 5.74) is 0. The maximum atomic E-state index is 6.02. The number of benzene rings is 2. The molecule has 2 aromatic carbocycles. The van der Waals surface area contributed by atoms with Crippen LogP contribution in [0, 0.1) is 0 Å². The van der Waals surface area contributed by atoms with Gasteiger partial charge in [0.15, 0.2) is 0 Å². The molecule has 0 saturated heterocycles. The molecule has 0 saturated carbocycles. The van der Waals surface area contributed by atoms with Crippen LogP contribution >= 0.6 is 0 Å². The Morgan fingerprint density at radius 2 is 1.35 bits per heavy atom. The van der Waals surface area contributed by atoms with Gasteiger partial charge < -0.3 is 13.3 Å². The highest BCUT2D eigenvalue weighted by molar-refractivity contribution is 6.62. The summed E-state index contributed by atoms with van der Waals surface area (Å²) < 4.78 is 17.6. The molecule has 4 heteroatoms. The van der Waals surface area contributed by atoms with Crippen molar-refractivity contribution in [1.29, 1.82) is 0 Å². The number of allylic oxidation sites excluding steroid dienone is 1. The van der Waals surface area contributed by atoms with Gasteiger partial charge >= 0.3 is 8.80 Å². The van der Waals surface area contributed by atoms with E-state index in [0.717, 1.165) is 11.5 Å². The van der Waals surface area contributed by atoms with E-state index in [4.69, 9.17) is 13.3 Å². The van der Waals surface area contributed by atoms with Crippen LogP contribution in [0.3, 0.4) is 0 Å². The van der Waals surface area contributed by atoms with Crippen LogP contribution in [0.25, 0.3) is 0 Å². The summed E-state index contributed by atoms with van der Waals surface area (Å²) in [6.45, 7) is 3.77. The second-order valence-electron chi connectivity index (χ2n) is 4.21. The number of rotatable bonds is 7. The Balaban J connectivity index is 2.22. The van der Waals surface area contributed by atoms with E-state index >= 15 is 0 Å². The molecule has 2 aromatic rings. The van der Waals surface area contributed by atoms with Gasteiger partial charge in [-0.2, -0.15) is 0 Å². The third-order valence-electron chi connectivity index (χ3n) is 2.74. The van der Waals surface area contributed by atoms with Crippen LogP contribution in [0.5, 0.6) is 11.5 Å². The van der Waals surface area contributed by atoms with Gasteiger partial charge in [-0.25, -0.2) is 0 Å². The molecule has 0 unspecified atom stereocenters. The lowest BCUT2D eigenvalue weighted by atomic mass is 10.3. The molecule has 0 aliphatic carbocycles. The first kappa shape index (κ1) is 14.4. The first-order valence-electron chi connectivity index (χ1n) is 6.42. The molecular weight excluding hydrogens is 268 g/mol. The predicted molar refractivity (Wildman–Crippen MR) is 81.9 cm³/mol. The lowest BCUT2D eigenvalue weighted by molar-refractivity contribution is 0.208. The average Bonchev–Trinajstić information content (AvgIpc) is 2.49. The van der Waals surface area contributed by atoms with Crippen LogP contribution in [-0.2, 0) is 4.43 Å². The van der Waals surface area contributed by atoms with E-state index < -0.39 is 8.80 Å². The lowest BCUT2D eigenvalue weighted by Gasteiger charge is -2.28. The first-order chi connectivity index (χ1) is 9.78. The van der Waals surface area contributed by atoms with E-state index in [0.29, 0.717) is 6.04 Å². The van der Waals surface area contributed by atoms with Crippen molar-refractivity contribution in [2.75, 3.05) is 7.11 Å². The van der Waals surface area contributed by atoms with Gasteiger partial charge in [0.2, 0.25) is 0 Å². The molecule has 0 radical (unpaired) electrons. The van der Waals surface area contributed by atoms with Crippen LogP contribution in [0.4, 0.5) is 0 Å². The molecular formula is C16H18O3Si. The zero-order valence-electron chi connectivity index (χ0n) is 11.5. The van der Waals surface area contributed by atoms with E-state index in [1.165, 1.54) is 0 Å². The quantitative estimate of drug-likeness (QED) is 0.570. The van der Waals surface area contributed by atoms with E-state index in [1.54, 1.807) is 13.2 Å². The summed E-state index contributed by atoms with van der Waals surface area (Å²) in [5.74, 6) is 1.47. The molecule has 0 heterocycles. The van der Waals surface area contributed by atoms with Crippen molar-refractivity contribution < 1.29 is 13.3 Å². The Bertz CT molecular complexity index is 486. The third kappa shape index (κ3) is 3.72. The van der Waals surface area contributed by atoms with Gasteiger partial charge in [-0.15, -0.1) is 6.58 Å². The normalized spacial score (nSPS) is 10.8. The molecule has 2 rings (SSSR count). The van der Waals surface area contributed by atoms with Crippen LogP contribution in [-0.4, -0.2) is 15.9 Å². The highest BCUT2D eigenvalue weighted by atomic mass is 28.4. The van der Waals surface area contributed by atoms with Crippen LogP contribution in [0.2, 0.25) is 6.04 Å².